The third-order valence-electron chi connectivity index (χ3n) is 4.81. The average molecular weight is 374 g/mol. The van der Waals surface area contributed by atoms with Gasteiger partial charge in [0.1, 0.15) is 0 Å². The molecule has 0 saturated heterocycles. The molecule has 1 nitrogen and oxygen atoms in total. The van der Waals surface area contributed by atoms with Gasteiger partial charge in [0.15, 0.2) is 0 Å². The number of aliphatic imine (C=N–C) groups is 1. The summed E-state index contributed by atoms with van der Waals surface area (Å²) in [5, 5.41) is 0. The Hall–Kier alpha value is -0.330. The first-order valence-electron chi connectivity index (χ1n) is 10.3. The summed E-state index contributed by atoms with van der Waals surface area (Å²) in [6.07, 6.45) is 19.7. The van der Waals surface area contributed by atoms with Crippen molar-refractivity contribution in [1.82, 2.24) is 0 Å². The molecular weight excluding hydrogens is 314 g/mol. The summed E-state index contributed by atoms with van der Waals surface area (Å²) in [7, 11) is 0. The fourth-order valence-corrected chi connectivity index (χ4v) is 3.28. The van der Waals surface area contributed by atoms with Gasteiger partial charge in [0.2, 0.25) is 0 Å². The maximum Gasteiger partial charge on any atom is 0.0360 e. The van der Waals surface area contributed by atoms with Crippen LogP contribution in [0.1, 0.15) is 147 Å². The molecule has 0 radical (unpaired) electrons. The highest BCUT2D eigenvalue weighted by molar-refractivity contribution is 5.84. The second kappa shape index (κ2) is 29.4. The van der Waals surface area contributed by atoms with Gasteiger partial charge in [0.05, 0.1) is 0 Å². The second-order valence-corrected chi connectivity index (χ2v) is 6.93. The minimum absolute atomic E-state index is 0. The zero-order valence-corrected chi connectivity index (χ0v) is 16.1. The van der Waals surface area contributed by atoms with E-state index in [1.165, 1.54) is 95.6 Å². The van der Waals surface area contributed by atoms with E-state index in [-0.39, 0.29) is 29.7 Å². The largest absolute Gasteiger partial charge is 0.294 e. The van der Waals surface area contributed by atoms with Crippen molar-refractivity contribution in [2.75, 3.05) is 6.54 Å². The SMILES string of the molecule is C.C.C.C.CCCCCCCCC(CCCCCCCC)C(C)=NCC. The van der Waals surface area contributed by atoms with Gasteiger partial charge in [0, 0.05) is 12.3 Å². The van der Waals surface area contributed by atoms with Crippen LogP contribution in [0, 0.1) is 5.92 Å². The lowest BCUT2D eigenvalue weighted by atomic mass is 9.90. The molecule has 0 aromatic heterocycles. The molecule has 0 atom stereocenters. The molecule has 0 amide bonds. The molecule has 0 aliphatic carbocycles. The summed E-state index contributed by atoms with van der Waals surface area (Å²) >= 11 is 0. The van der Waals surface area contributed by atoms with E-state index in [2.05, 4.69) is 27.7 Å². The Morgan fingerprint density at radius 2 is 0.923 bits per heavy atom. The fraction of sp³-hybridized carbons (Fsp3) is 0.960. The van der Waals surface area contributed by atoms with Crippen LogP contribution in [-0.2, 0) is 0 Å². The Morgan fingerprint density at radius 1 is 0.577 bits per heavy atom. The van der Waals surface area contributed by atoms with Crippen molar-refractivity contribution in [2.24, 2.45) is 10.9 Å². The lowest BCUT2D eigenvalue weighted by Crippen LogP contribution is -2.12. The number of nitrogens with zero attached hydrogens (tertiary/aromatic N) is 1. The highest BCUT2D eigenvalue weighted by Gasteiger charge is 2.11. The van der Waals surface area contributed by atoms with E-state index in [0.717, 1.165) is 12.5 Å². The van der Waals surface area contributed by atoms with Crippen LogP contribution in [0.4, 0.5) is 0 Å². The maximum absolute atomic E-state index is 4.70. The first-order valence-corrected chi connectivity index (χ1v) is 10.3. The third-order valence-corrected chi connectivity index (χ3v) is 4.81. The number of unbranched alkanes of at least 4 members (excludes halogenated alkanes) is 10. The van der Waals surface area contributed by atoms with E-state index in [0.29, 0.717) is 0 Å². The van der Waals surface area contributed by atoms with E-state index in [1.54, 1.807) is 0 Å². The number of hydrogen-bond donors (Lipinski definition) is 0. The normalized spacial score (nSPS) is 10.4. The van der Waals surface area contributed by atoms with Crippen LogP contribution in [0.2, 0.25) is 0 Å². The summed E-state index contributed by atoms with van der Waals surface area (Å²) in [5.74, 6) is 0.761. The van der Waals surface area contributed by atoms with Crippen LogP contribution in [0.5, 0.6) is 0 Å². The highest BCUT2D eigenvalue weighted by atomic mass is 14.7. The molecule has 0 unspecified atom stereocenters. The van der Waals surface area contributed by atoms with E-state index in [4.69, 9.17) is 4.99 Å². The molecule has 1 heteroatoms. The summed E-state index contributed by atoms with van der Waals surface area (Å²) < 4.78 is 0. The van der Waals surface area contributed by atoms with Crippen molar-refractivity contribution < 1.29 is 0 Å². The molecule has 0 spiro atoms. The van der Waals surface area contributed by atoms with Crippen LogP contribution >= 0.6 is 0 Å². The first kappa shape index (κ1) is 36.6. The van der Waals surface area contributed by atoms with E-state index in [1.807, 2.05) is 0 Å². The van der Waals surface area contributed by atoms with Gasteiger partial charge < -0.3 is 0 Å². The maximum atomic E-state index is 4.70. The van der Waals surface area contributed by atoms with Crippen molar-refractivity contribution in [2.45, 2.75) is 147 Å². The third kappa shape index (κ3) is 23.7. The van der Waals surface area contributed by atoms with Gasteiger partial charge in [0.25, 0.3) is 0 Å². The molecule has 0 aliphatic rings. The predicted molar refractivity (Wildman–Crippen MR) is 130 cm³/mol. The van der Waals surface area contributed by atoms with Crippen LogP contribution in [-0.4, -0.2) is 12.3 Å². The standard InChI is InChI=1S/C21H43N.4CH4/c1-5-8-10-12-14-16-18-21(20(4)22-7-3)19-17-15-13-11-9-6-2;;;;/h21H,5-19H2,1-4H3;4*1H4. The Balaban J connectivity index is -0.000000367. The van der Waals surface area contributed by atoms with Crippen molar-refractivity contribution >= 4 is 5.71 Å². The van der Waals surface area contributed by atoms with Gasteiger partial charge in [-0.15, -0.1) is 0 Å². The molecule has 0 heterocycles. The smallest absolute Gasteiger partial charge is 0.0360 e. The molecule has 0 N–H and O–H groups in total. The molecule has 0 aromatic carbocycles. The highest BCUT2D eigenvalue weighted by Crippen LogP contribution is 2.21. The van der Waals surface area contributed by atoms with Gasteiger partial charge in [-0.3, -0.25) is 4.99 Å². The molecular formula is C25H59N. The quantitative estimate of drug-likeness (QED) is 0.188. The summed E-state index contributed by atoms with van der Waals surface area (Å²) in [4.78, 5) is 4.70. The van der Waals surface area contributed by atoms with Gasteiger partial charge >= 0.3 is 0 Å². The van der Waals surface area contributed by atoms with Crippen LogP contribution in [0.25, 0.3) is 0 Å². The summed E-state index contributed by atoms with van der Waals surface area (Å²) in [6, 6.07) is 0. The Kier molecular flexibility index (Phi) is 41.4. The molecule has 0 saturated carbocycles. The van der Waals surface area contributed by atoms with E-state index in [9.17, 15) is 0 Å². The Bertz CT molecular complexity index is 229. The molecule has 26 heavy (non-hydrogen) atoms. The van der Waals surface area contributed by atoms with Crippen molar-refractivity contribution in [3.63, 3.8) is 0 Å². The monoisotopic (exact) mass is 373 g/mol. The van der Waals surface area contributed by atoms with E-state index >= 15 is 0 Å². The molecule has 0 fully saturated rings. The molecule has 0 aliphatic heterocycles. The van der Waals surface area contributed by atoms with Crippen LogP contribution in [0.15, 0.2) is 4.99 Å². The van der Waals surface area contributed by atoms with Gasteiger partial charge in [-0.05, 0) is 32.6 Å². The first-order chi connectivity index (χ1) is 10.8. The Morgan fingerprint density at radius 3 is 1.27 bits per heavy atom. The number of hydrogen-bond acceptors (Lipinski definition) is 1. The molecule has 0 bridgehead atoms. The molecule has 164 valence electrons. The van der Waals surface area contributed by atoms with Crippen LogP contribution in [0.3, 0.4) is 0 Å². The zero-order chi connectivity index (χ0) is 16.5. The van der Waals surface area contributed by atoms with Crippen molar-refractivity contribution in [3.8, 4) is 0 Å². The number of rotatable bonds is 16. The van der Waals surface area contributed by atoms with Crippen molar-refractivity contribution in [1.29, 1.82) is 0 Å². The average Bonchev–Trinajstić information content (AvgIpc) is 2.52. The minimum atomic E-state index is 0. The van der Waals surface area contributed by atoms with Gasteiger partial charge in [-0.2, -0.15) is 0 Å². The lowest BCUT2D eigenvalue weighted by molar-refractivity contribution is 0.482. The van der Waals surface area contributed by atoms with Gasteiger partial charge in [-0.1, -0.05) is 121 Å². The molecule has 0 aromatic rings. The lowest BCUT2D eigenvalue weighted by Gasteiger charge is -2.17. The topological polar surface area (TPSA) is 12.4 Å². The van der Waals surface area contributed by atoms with Crippen molar-refractivity contribution in [3.05, 3.63) is 0 Å². The summed E-state index contributed by atoms with van der Waals surface area (Å²) in [6.45, 7) is 9.97. The van der Waals surface area contributed by atoms with Crippen LogP contribution < -0.4 is 0 Å². The molecule has 0 rings (SSSR count). The minimum Gasteiger partial charge on any atom is -0.294 e. The Labute approximate surface area is 170 Å². The zero-order valence-electron chi connectivity index (χ0n) is 16.1. The summed E-state index contributed by atoms with van der Waals surface area (Å²) in [5.41, 5.74) is 1.42. The predicted octanol–water partition coefficient (Wildman–Crippen LogP) is 10.1. The second-order valence-electron chi connectivity index (χ2n) is 6.93. The fourth-order valence-electron chi connectivity index (χ4n) is 3.28. The van der Waals surface area contributed by atoms with Gasteiger partial charge in [-0.25, -0.2) is 0 Å². The van der Waals surface area contributed by atoms with E-state index < -0.39 is 0 Å².